The lowest BCUT2D eigenvalue weighted by atomic mass is 10.3. The van der Waals surface area contributed by atoms with Crippen molar-refractivity contribution < 1.29 is 4.79 Å². The van der Waals surface area contributed by atoms with Crippen LogP contribution in [-0.4, -0.2) is 68.2 Å². The van der Waals surface area contributed by atoms with Crippen LogP contribution in [0.15, 0.2) is 43.0 Å². The summed E-state index contributed by atoms with van der Waals surface area (Å²) in [7, 11) is 1.83. The Bertz CT molecular complexity index is 944. The summed E-state index contributed by atoms with van der Waals surface area (Å²) in [5.41, 5.74) is 2.97. The predicted molar refractivity (Wildman–Crippen MR) is 102 cm³/mol. The standard InChI is InChI=1S/C19H23N7O/c1-22-8-9-25(19(22)27)17-10-20-26(14-17)16-5-7-23(13-16)11-15-12-24-6-3-2-4-18(24)21-15/h2-4,6,10,12,14,16H,5,7-9,11,13H2,1H3. The van der Waals surface area contributed by atoms with Crippen molar-refractivity contribution in [1.82, 2.24) is 29.0 Å². The summed E-state index contributed by atoms with van der Waals surface area (Å²) in [5.74, 6) is 0. The monoisotopic (exact) mass is 365 g/mol. The molecular weight excluding hydrogens is 342 g/mol. The minimum Gasteiger partial charge on any atom is -0.326 e. The van der Waals surface area contributed by atoms with E-state index in [0.29, 0.717) is 6.04 Å². The molecule has 0 aromatic carbocycles. The molecule has 27 heavy (non-hydrogen) atoms. The molecule has 8 nitrogen and oxygen atoms in total. The summed E-state index contributed by atoms with van der Waals surface area (Å²) in [6.07, 6.45) is 9.01. The highest BCUT2D eigenvalue weighted by atomic mass is 16.2. The lowest BCUT2D eigenvalue weighted by molar-refractivity contribution is 0.229. The summed E-state index contributed by atoms with van der Waals surface area (Å²) in [6, 6.07) is 6.44. The number of urea groups is 1. The van der Waals surface area contributed by atoms with Gasteiger partial charge in [0.15, 0.2) is 0 Å². The Morgan fingerprint density at radius 2 is 2.11 bits per heavy atom. The lowest BCUT2D eigenvalue weighted by Gasteiger charge is -2.15. The number of hydrogen-bond donors (Lipinski definition) is 0. The Kier molecular flexibility index (Phi) is 3.86. The third kappa shape index (κ3) is 2.95. The number of imidazole rings is 1. The fourth-order valence-electron chi connectivity index (χ4n) is 4.02. The zero-order valence-electron chi connectivity index (χ0n) is 15.4. The number of carbonyl (C=O) groups is 1. The number of nitrogens with zero attached hydrogens (tertiary/aromatic N) is 7. The SMILES string of the molecule is CN1CCN(c2cnn(C3CCN(Cc4cn5ccccc5n4)C3)c2)C1=O. The van der Waals surface area contributed by atoms with Gasteiger partial charge in [-0.1, -0.05) is 6.07 Å². The van der Waals surface area contributed by atoms with Gasteiger partial charge in [0.05, 0.1) is 23.6 Å². The molecule has 2 saturated heterocycles. The normalized spacial score (nSPS) is 21.1. The van der Waals surface area contributed by atoms with E-state index in [4.69, 9.17) is 4.98 Å². The van der Waals surface area contributed by atoms with Crippen molar-refractivity contribution in [2.45, 2.75) is 19.0 Å². The molecule has 2 aliphatic rings. The molecule has 8 heteroatoms. The van der Waals surface area contributed by atoms with Crippen molar-refractivity contribution in [2.24, 2.45) is 0 Å². The Hall–Kier alpha value is -2.87. The van der Waals surface area contributed by atoms with Crippen LogP contribution in [0.5, 0.6) is 0 Å². The van der Waals surface area contributed by atoms with E-state index in [1.54, 1.807) is 9.80 Å². The Balaban J connectivity index is 1.25. The molecule has 0 aliphatic carbocycles. The largest absolute Gasteiger partial charge is 0.326 e. The fraction of sp³-hybridized carbons (Fsp3) is 0.421. The molecule has 140 valence electrons. The van der Waals surface area contributed by atoms with Crippen LogP contribution >= 0.6 is 0 Å². The highest BCUT2D eigenvalue weighted by Gasteiger charge is 2.29. The van der Waals surface area contributed by atoms with Gasteiger partial charge in [-0.15, -0.1) is 0 Å². The molecule has 0 bridgehead atoms. The first kappa shape index (κ1) is 16.3. The van der Waals surface area contributed by atoms with Crippen LogP contribution in [0.3, 0.4) is 0 Å². The number of anilines is 1. The molecule has 1 unspecified atom stereocenters. The second kappa shape index (κ2) is 6.38. The third-order valence-corrected chi connectivity index (χ3v) is 5.54. The maximum atomic E-state index is 12.2. The highest BCUT2D eigenvalue weighted by Crippen LogP contribution is 2.26. The van der Waals surface area contributed by atoms with Crippen LogP contribution < -0.4 is 4.90 Å². The lowest BCUT2D eigenvalue weighted by Crippen LogP contribution is -2.28. The van der Waals surface area contributed by atoms with E-state index < -0.39 is 0 Å². The zero-order valence-corrected chi connectivity index (χ0v) is 15.4. The van der Waals surface area contributed by atoms with Crippen molar-refractivity contribution in [3.05, 3.63) is 48.7 Å². The Morgan fingerprint density at radius 1 is 1.19 bits per heavy atom. The van der Waals surface area contributed by atoms with Gasteiger partial charge in [0, 0.05) is 58.4 Å². The van der Waals surface area contributed by atoms with E-state index in [-0.39, 0.29) is 6.03 Å². The molecule has 0 N–H and O–H groups in total. The third-order valence-electron chi connectivity index (χ3n) is 5.54. The van der Waals surface area contributed by atoms with E-state index in [9.17, 15) is 4.79 Å². The number of likely N-dealkylation sites (tertiary alicyclic amines) is 1. The maximum Gasteiger partial charge on any atom is 0.324 e. The first-order chi connectivity index (χ1) is 13.2. The molecule has 0 saturated carbocycles. The van der Waals surface area contributed by atoms with Crippen LogP contribution in [0, 0.1) is 0 Å². The van der Waals surface area contributed by atoms with E-state index in [1.807, 2.05) is 48.5 Å². The summed E-state index contributed by atoms with van der Waals surface area (Å²) < 4.78 is 4.08. The Labute approximate surface area is 157 Å². The summed E-state index contributed by atoms with van der Waals surface area (Å²) in [6.45, 7) is 4.32. The average molecular weight is 365 g/mol. The van der Waals surface area contributed by atoms with Gasteiger partial charge in [0.1, 0.15) is 5.65 Å². The van der Waals surface area contributed by atoms with E-state index in [2.05, 4.69) is 20.6 Å². The van der Waals surface area contributed by atoms with Gasteiger partial charge < -0.3 is 9.30 Å². The number of pyridine rings is 1. The van der Waals surface area contributed by atoms with Gasteiger partial charge in [-0.3, -0.25) is 14.5 Å². The molecule has 2 amide bonds. The highest BCUT2D eigenvalue weighted by molar-refractivity contribution is 5.93. The van der Waals surface area contributed by atoms with Crippen molar-refractivity contribution in [2.75, 3.05) is 38.1 Å². The van der Waals surface area contributed by atoms with Crippen LogP contribution in [0.2, 0.25) is 0 Å². The van der Waals surface area contributed by atoms with Crippen molar-refractivity contribution in [3.63, 3.8) is 0 Å². The van der Waals surface area contributed by atoms with Crippen molar-refractivity contribution >= 4 is 17.4 Å². The molecule has 5 rings (SSSR count). The minimum atomic E-state index is 0.0504. The summed E-state index contributed by atoms with van der Waals surface area (Å²) >= 11 is 0. The Morgan fingerprint density at radius 3 is 2.93 bits per heavy atom. The molecule has 3 aromatic rings. The molecule has 5 heterocycles. The molecule has 2 aliphatic heterocycles. The van der Waals surface area contributed by atoms with Crippen LogP contribution in [-0.2, 0) is 6.54 Å². The van der Waals surface area contributed by atoms with Gasteiger partial charge in [0.25, 0.3) is 0 Å². The summed E-state index contributed by atoms with van der Waals surface area (Å²) in [5, 5.41) is 4.54. The van der Waals surface area contributed by atoms with Crippen LogP contribution in [0.25, 0.3) is 5.65 Å². The number of likely N-dealkylation sites (N-methyl/N-ethyl adjacent to an activating group) is 1. The first-order valence-electron chi connectivity index (χ1n) is 9.39. The maximum absolute atomic E-state index is 12.2. The topological polar surface area (TPSA) is 61.9 Å². The van der Waals surface area contributed by atoms with E-state index >= 15 is 0 Å². The zero-order chi connectivity index (χ0) is 18.4. The molecule has 0 radical (unpaired) electrons. The molecular formula is C19H23N7O. The van der Waals surface area contributed by atoms with Gasteiger partial charge in [-0.25, -0.2) is 9.78 Å². The van der Waals surface area contributed by atoms with Gasteiger partial charge in [0.2, 0.25) is 0 Å². The molecule has 0 spiro atoms. The van der Waals surface area contributed by atoms with Crippen molar-refractivity contribution in [3.8, 4) is 0 Å². The summed E-state index contributed by atoms with van der Waals surface area (Å²) in [4.78, 5) is 22.8. The van der Waals surface area contributed by atoms with Crippen LogP contribution in [0.1, 0.15) is 18.2 Å². The molecule has 3 aromatic heterocycles. The second-order valence-electron chi connectivity index (χ2n) is 7.41. The minimum absolute atomic E-state index is 0.0504. The smallest absolute Gasteiger partial charge is 0.324 e. The second-order valence-corrected chi connectivity index (χ2v) is 7.41. The number of fused-ring (bicyclic) bond motifs is 1. The first-order valence-corrected chi connectivity index (χ1v) is 9.39. The number of aromatic nitrogens is 4. The number of rotatable bonds is 4. The van der Waals surface area contributed by atoms with E-state index in [0.717, 1.165) is 56.2 Å². The predicted octanol–water partition coefficient (Wildman–Crippen LogP) is 1.85. The van der Waals surface area contributed by atoms with Gasteiger partial charge in [-0.05, 0) is 18.6 Å². The molecule has 2 fully saturated rings. The van der Waals surface area contributed by atoms with E-state index in [1.165, 1.54) is 0 Å². The molecule has 1 atom stereocenters. The van der Waals surface area contributed by atoms with Crippen LogP contribution in [0.4, 0.5) is 10.5 Å². The fourth-order valence-corrected chi connectivity index (χ4v) is 4.02. The number of amides is 2. The average Bonchev–Trinajstić information content (AvgIpc) is 3.43. The number of carbonyl (C=O) groups excluding carboxylic acids is 1. The number of hydrogen-bond acceptors (Lipinski definition) is 4. The quantitative estimate of drug-likeness (QED) is 0.708. The van der Waals surface area contributed by atoms with Crippen molar-refractivity contribution in [1.29, 1.82) is 0 Å². The van der Waals surface area contributed by atoms with Gasteiger partial charge >= 0.3 is 6.03 Å². The van der Waals surface area contributed by atoms with Gasteiger partial charge in [-0.2, -0.15) is 5.10 Å².